The first-order valence-corrected chi connectivity index (χ1v) is 9.88. The Balaban J connectivity index is 2.87. The zero-order valence-corrected chi connectivity index (χ0v) is 17.0. The van der Waals surface area contributed by atoms with E-state index in [1.54, 1.807) is 18.0 Å². The number of benzene rings is 1. The van der Waals surface area contributed by atoms with Gasteiger partial charge in [-0.1, -0.05) is 55.5 Å². The van der Waals surface area contributed by atoms with Crippen molar-refractivity contribution in [3.05, 3.63) is 76.9 Å². The number of allylic oxidation sites excluding steroid dienone is 3. The lowest BCUT2D eigenvalue weighted by molar-refractivity contribution is 0.594. The molecule has 3 nitrogen and oxygen atoms in total. The highest BCUT2D eigenvalue weighted by atomic mass is 32.2. The molecular weight excluding hydrogens is 338 g/mol. The average molecular weight is 370 g/mol. The summed E-state index contributed by atoms with van der Waals surface area (Å²) < 4.78 is 0. The van der Waals surface area contributed by atoms with Gasteiger partial charge < -0.3 is 11.1 Å². The highest BCUT2D eigenvalue weighted by molar-refractivity contribution is 8.02. The van der Waals surface area contributed by atoms with E-state index in [1.165, 1.54) is 5.57 Å². The van der Waals surface area contributed by atoms with Crippen molar-refractivity contribution in [1.82, 2.24) is 5.32 Å². The monoisotopic (exact) mass is 369 g/mol. The lowest BCUT2D eigenvalue weighted by Crippen LogP contribution is -2.25. The predicted octanol–water partition coefficient (Wildman–Crippen LogP) is 5.01. The van der Waals surface area contributed by atoms with Crippen LogP contribution in [0.4, 0.5) is 0 Å². The fourth-order valence-electron chi connectivity index (χ4n) is 2.40. The summed E-state index contributed by atoms with van der Waals surface area (Å²) >= 11 is 1.76. The van der Waals surface area contributed by atoms with Gasteiger partial charge in [0.2, 0.25) is 0 Å². The molecule has 0 aliphatic rings. The maximum atomic E-state index is 5.73. The Kier molecular flexibility index (Phi) is 10.4. The highest BCUT2D eigenvalue weighted by Gasteiger charge is 2.11. The summed E-state index contributed by atoms with van der Waals surface area (Å²) in [4.78, 5) is 4.17. The van der Waals surface area contributed by atoms with Gasteiger partial charge in [0.05, 0.1) is 5.70 Å². The van der Waals surface area contributed by atoms with Crippen LogP contribution in [0.25, 0.3) is 5.70 Å². The van der Waals surface area contributed by atoms with Gasteiger partial charge >= 0.3 is 0 Å². The minimum Gasteiger partial charge on any atom is -0.404 e. The number of hydrogen-bond acceptors (Lipinski definition) is 4. The van der Waals surface area contributed by atoms with Crippen molar-refractivity contribution >= 4 is 24.2 Å². The van der Waals surface area contributed by atoms with Gasteiger partial charge in [-0.2, -0.15) is 0 Å². The van der Waals surface area contributed by atoms with E-state index in [0.29, 0.717) is 5.92 Å². The lowest BCUT2D eigenvalue weighted by atomic mass is 9.98. The van der Waals surface area contributed by atoms with Crippen LogP contribution in [0.5, 0.6) is 0 Å². The molecule has 4 heteroatoms. The number of aliphatic imine (C=N–C) groups is 1. The average Bonchev–Trinajstić information content (AvgIpc) is 2.65. The van der Waals surface area contributed by atoms with Crippen molar-refractivity contribution in [2.75, 3.05) is 18.8 Å². The van der Waals surface area contributed by atoms with Crippen LogP contribution in [0.2, 0.25) is 0 Å². The van der Waals surface area contributed by atoms with Gasteiger partial charge in [-0.05, 0) is 43.7 Å². The predicted molar refractivity (Wildman–Crippen MR) is 119 cm³/mol. The van der Waals surface area contributed by atoms with Crippen molar-refractivity contribution in [3.63, 3.8) is 0 Å². The molecule has 0 aliphatic carbocycles. The van der Waals surface area contributed by atoms with E-state index < -0.39 is 0 Å². The minimum absolute atomic E-state index is 0.396. The van der Waals surface area contributed by atoms with Gasteiger partial charge in [-0.3, -0.25) is 4.99 Å². The molecule has 3 N–H and O–H groups in total. The molecule has 0 spiro atoms. The Hall–Kier alpha value is -2.04. The molecular formula is C22H31N3S. The molecule has 0 saturated heterocycles. The molecule has 1 unspecified atom stereocenters. The van der Waals surface area contributed by atoms with E-state index in [0.717, 1.165) is 41.2 Å². The molecule has 26 heavy (non-hydrogen) atoms. The highest BCUT2D eigenvalue weighted by Crippen LogP contribution is 2.24. The van der Waals surface area contributed by atoms with Crippen LogP contribution in [0.15, 0.2) is 76.3 Å². The number of nitrogens with zero attached hydrogens (tertiary/aromatic N) is 1. The minimum atomic E-state index is 0.396. The largest absolute Gasteiger partial charge is 0.404 e. The number of nitrogens with one attached hydrogen (secondary N) is 1. The van der Waals surface area contributed by atoms with Gasteiger partial charge in [-0.25, -0.2) is 0 Å². The quantitative estimate of drug-likeness (QED) is 0.426. The first kappa shape index (κ1) is 22.0. The molecule has 0 bridgehead atoms. The lowest BCUT2D eigenvalue weighted by Gasteiger charge is -2.18. The molecule has 1 rings (SSSR count). The van der Waals surface area contributed by atoms with Gasteiger partial charge in [0, 0.05) is 30.0 Å². The molecule has 1 atom stereocenters. The van der Waals surface area contributed by atoms with E-state index in [4.69, 9.17) is 5.73 Å². The summed E-state index contributed by atoms with van der Waals surface area (Å²) in [6.07, 6.45) is 3.76. The van der Waals surface area contributed by atoms with Gasteiger partial charge in [0.15, 0.2) is 0 Å². The van der Waals surface area contributed by atoms with Gasteiger partial charge in [-0.15, -0.1) is 11.8 Å². The molecule has 0 amide bonds. The first-order valence-electron chi connectivity index (χ1n) is 8.84. The third-order valence-corrected chi connectivity index (χ3v) is 5.06. The fourth-order valence-corrected chi connectivity index (χ4v) is 3.47. The van der Waals surface area contributed by atoms with Crippen LogP contribution in [-0.4, -0.2) is 25.6 Å². The smallest absolute Gasteiger partial charge is 0.0757 e. The maximum absolute atomic E-state index is 5.73. The zero-order valence-electron chi connectivity index (χ0n) is 16.2. The van der Waals surface area contributed by atoms with Crippen LogP contribution < -0.4 is 11.1 Å². The molecule has 0 radical (unpaired) electrons. The SMILES string of the molecule is C=N/C(=C\SCC(CNCC)/C(C)=C/C(=C\N)C(=C)C)c1ccccc1. The molecule has 1 aromatic carbocycles. The Labute approximate surface area is 162 Å². The van der Waals surface area contributed by atoms with E-state index >= 15 is 0 Å². The number of rotatable bonds is 11. The summed E-state index contributed by atoms with van der Waals surface area (Å²) in [6, 6.07) is 10.1. The molecule has 0 fully saturated rings. The van der Waals surface area contributed by atoms with Gasteiger partial charge in [0.25, 0.3) is 0 Å². The van der Waals surface area contributed by atoms with Crippen molar-refractivity contribution in [2.45, 2.75) is 20.8 Å². The van der Waals surface area contributed by atoms with E-state index in [2.05, 4.69) is 48.9 Å². The molecule has 0 aromatic heterocycles. The van der Waals surface area contributed by atoms with Crippen LogP contribution >= 0.6 is 11.8 Å². The Morgan fingerprint density at radius 1 is 1.31 bits per heavy atom. The summed E-state index contributed by atoms with van der Waals surface area (Å²) in [5, 5.41) is 5.54. The standard InChI is InChI=1S/C22H31N3S/c1-6-25-14-21(18(4)12-20(13-23)17(2)3)15-26-16-22(24-5)19-10-8-7-9-11-19/h7-13,16,21,25H,2,5-6,14-15,23H2,1,3-4H3/b18-12+,20-13+,22-16-. The second kappa shape index (κ2) is 12.3. The molecule has 140 valence electrons. The fraction of sp³-hybridized carbons (Fsp3) is 0.318. The molecule has 0 heterocycles. The summed E-state index contributed by atoms with van der Waals surface area (Å²) in [5.41, 5.74) is 11.0. The number of hydrogen-bond donors (Lipinski definition) is 2. The van der Waals surface area contributed by atoms with E-state index in [1.807, 2.05) is 37.3 Å². The van der Waals surface area contributed by atoms with Crippen LogP contribution in [0, 0.1) is 5.92 Å². The van der Waals surface area contributed by atoms with Crippen molar-refractivity contribution in [3.8, 4) is 0 Å². The number of thioether (sulfide) groups is 1. The molecule has 0 saturated carbocycles. The zero-order chi connectivity index (χ0) is 19.4. The van der Waals surface area contributed by atoms with E-state index in [9.17, 15) is 0 Å². The third kappa shape index (κ3) is 7.46. The Morgan fingerprint density at radius 3 is 2.54 bits per heavy atom. The topological polar surface area (TPSA) is 50.4 Å². The van der Waals surface area contributed by atoms with Crippen molar-refractivity contribution in [1.29, 1.82) is 0 Å². The van der Waals surface area contributed by atoms with Crippen molar-refractivity contribution < 1.29 is 0 Å². The first-order chi connectivity index (χ1) is 12.5. The van der Waals surface area contributed by atoms with Crippen molar-refractivity contribution in [2.24, 2.45) is 16.6 Å². The summed E-state index contributed by atoms with van der Waals surface area (Å²) in [7, 11) is 0. The maximum Gasteiger partial charge on any atom is 0.0757 e. The molecule has 1 aromatic rings. The number of nitrogens with two attached hydrogens (primary N) is 1. The summed E-state index contributed by atoms with van der Waals surface area (Å²) in [5.74, 6) is 1.35. The Morgan fingerprint density at radius 2 is 2.00 bits per heavy atom. The Bertz CT molecular complexity index is 672. The normalized spacial score (nSPS) is 14.2. The van der Waals surface area contributed by atoms with E-state index in [-0.39, 0.29) is 0 Å². The van der Waals surface area contributed by atoms with Gasteiger partial charge in [0.1, 0.15) is 0 Å². The van der Waals surface area contributed by atoms with Crippen LogP contribution in [-0.2, 0) is 0 Å². The third-order valence-electron chi connectivity index (χ3n) is 4.07. The molecule has 0 aliphatic heterocycles. The second-order valence-corrected chi connectivity index (χ2v) is 7.06. The van der Waals surface area contributed by atoms with Crippen LogP contribution in [0.3, 0.4) is 0 Å². The second-order valence-electron chi connectivity index (χ2n) is 6.16. The van der Waals surface area contributed by atoms with Crippen LogP contribution in [0.1, 0.15) is 26.3 Å². The summed E-state index contributed by atoms with van der Waals surface area (Å²) in [6.45, 7) is 15.8.